The van der Waals surface area contributed by atoms with E-state index in [2.05, 4.69) is 32.1 Å². The zero-order chi connectivity index (χ0) is 24.2. The summed E-state index contributed by atoms with van der Waals surface area (Å²) in [6, 6.07) is 17.2. The van der Waals surface area contributed by atoms with Crippen molar-refractivity contribution < 1.29 is 9.53 Å². The van der Waals surface area contributed by atoms with Crippen LogP contribution < -0.4 is 15.8 Å². The number of para-hydroxylation sites is 1. The number of nitrogens with zero attached hydrogens (tertiary/aromatic N) is 5. The van der Waals surface area contributed by atoms with Gasteiger partial charge in [-0.05, 0) is 43.4 Å². The Hall–Kier alpha value is -3.95. The SMILES string of the molecule is CN1CCN(CCOc2ccc(Nc3nccc(-n4cc(C(N)=O)c5ccccc54)n3)cc2)CC1. The smallest absolute Gasteiger partial charge is 0.250 e. The fraction of sp³-hybridized carbons (Fsp3) is 0.269. The first-order valence-electron chi connectivity index (χ1n) is 11.7. The molecule has 1 saturated heterocycles. The van der Waals surface area contributed by atoms with Crippen molar-refractivity contribution in [3.8, 4) is 11.6 Å². The number of primary amides is 1. The van der Waals surface area contributed by atoms with Crippen LogP contribution in [0.5, 0.6) is 5.75 Å². The molecule has 4 aromatic rings. The summed E-state index contributed by atoms with van der Waals surface area (Å²) in [5.74, 6) is 1.44. The monoisotopic (exact) mass is 471 g/mol. The third-order valence-corrected chi connectivity index (χ3v) is 6.25. The van der Waals surface area contributed by atoms with Crippen LogP contribution in [-0.2, 0) is 0 Å². The van der Waals surface area contributed by atoms with Gasteiger partial charge in [-0.1, -0.05) is 18.2 Å². The Morgan fingerprint density at radius 1 is 1.06 bits per heavy atom. The lowest BCUT2D eigenvalue weighted by atomic mass is 10.2. The fourth-order valence-electron chi connectivity index (χ4n) is 4.24. The molecule has 2 aromatic heterocycles. The van der Waals surface area contributed by atoms with E-state index in [9.17, 15) is 4.79 Å². The van der Waals surface area contributed by atoms with Crippen molar-refractivity contribution in [2.45, 2.75) is 0 Å². The summed E-state index contributed by atoms with van der Waals surface area (Å²) >= 11 is 0. The van der Waals surface area contributed by atoms with Crippen molar-refractivity contribution in [1.82, 2.24) is 24.3 Å². The number of amides is 1. The van der Waals surface area contributed by atoms with E-state index in [0.29, 0.717) is 23.9 Å². The Morgan fingerprint density at radius 2 is 1.83 bits per heavy atom. The molecule has 1 aliphatic heterocycles. The van der Waals surface area contributed by atoms with Gasteiger partial charge in [0.15, 0.2) is 0 Å². The number of aromatic nitrogens is 3. The summed E-state index contributed by atoms with van der Waals surface area (Å²) in [5.41, 5.74) is 7.73. The fourth-order valence-corrected chi connectivity index (χ4v) is 4.24. The van der Waals surface area contributed by atoms with Gasteiger partial charge >= 0.3 is 0 Å². The molecule has 0 unspecified atom stereocenters. The molecule has 0 radical (unpaired) electrons. The third kappa shape index (κ3) is 5.26. The minimum absolute atomic E-state index is 0.449. The van der Waals surface area contributed by atoms with E-state index in [1.54, 1.807) is 18.5 Å². The highest BCUT2D eigenvalue weighted by atomic mass is 16.5. The second kappa shape index (κ2) is 10.1. The van der Waals surface area contributed by atoms with E-state index < -0.39 is 5.91 Å². The van der Waals surface area contributed by atoms with E-state index in [4.69, 9.17) is 10.5 Å². The predicted molar refractivity (Wildman–Crippen MR) is 137 cm³/mol. The lowest BCUT2D eigenvalue weighted by molar-refractivity contribution is 0.100. The topological polar surface area (TPSA) is 102 Å². The number of ether oxygens (including phenoxy) is 1. The highest BCUT2D eigenvalue weighted by Gasteiger charge is 2.15. The number of piperazine rings is 1. The lowest BCUT2D eigenvalue weighted by Crippen LogP contribution is -2.45. The maximum atomic E-state index is 11.9. The molecular formula is C26H29N7O2. The standard InChI is InChI=1S/C26H29N7O2/c1-31-12-14-32(15-13-31)16-17-35-20-8-6-19(7-9-20)29-26-28-11-10-24(30-26)33-18-22(25(27)34)21-4-2-3-5-23(21)33/h2-11,18H,12-17H2,1H3,(H2,27,34)(H,28,29,30). The Bertz CT molecular complexity index is 1310. The van der Waals surface area contributed by atoms with E-state index in [-0.39, 0.29) is 0 Å². The summed E-state index contributed by atoms with van der Waals surface area (Å²) in [6.07, 6.45) is 3.40. The van der Waals surface area contributed by atoms with Gasteiger partial charge in [-0.15, -0.1) is 0 Å². The molecule has 9 heteroatoms. The van der Waals surface area contributed by atoms with Crippen LogP contribution in [0.25, 0.3) is 16.7 Å². The first-order chi connectivity index (χ1) is 17.1. The summed E-state index contributed by atoms with van der Waals surface area (Å²) in [6.45, 7) is 5.99. The maximum Gasteiger partial charge on any atom is 0.250 e. The van der Waals surface area contributed by atoms with Crippen molar-refractivity contribution in [1.29, 1.82) is 0 Å². The Morgan fingerprint density at radius 3 is 2.60 bits per heavy atom. The molecule has 2 aromatic carbocycles. The highest BCUT2D eigenvalue weighted by molar-refractivity contribution is 6.06. The molecule has 35 heavy (non-hydrogen) atoms. The predicted octanol–water partition coefficient (Wildman–Crippen LogP) is 2.89. The average Bonchev–Trinajstić information content (AvgIpc) is 3.27. The quantitative estimate of drug-likeness (QED) is 0.407. The van der Waals surface area contributed by atoms with Crippen LogP contribution in [0.3, 0.4) is 0 Å². The zero-order valence-corrected chi connectivity index (χ0v) is 19.7. The van der Waals surface area contributed by atoms with Crippen molar-refractivity contribution in [3.05, 3.63) is 72.6 Å². The van der Waals surface area contributed by atoms with Crippen LogP contribution in [0.1, 0.15) is 10.4 Å². The second-order valence-electron chi connectivity index (χ2n) is 8.68. The molecule has 0 saturated carbocycles. The number of rotatable bonds is 8. The molecule has 1 fully saturated rings. The van der Waals surface area contributed by atoms with E-state index in [1.807, 2.05) is 53.1 Å². The minimum Gasteiger partial charge on any atom is -0.492 e. The van der Waals surface area contributed by atoms with Crippen molar-refractivity contribution in [3.63, 3.8) is 0 Å². The molecule has 1 amide bonds. The summed E-state index contributed by atoms with van der Waals surface area (Å²) in [7, 11) is 2.16. The van der Waals surface area contributed by atoms with Crippen molar-refractivity contribution in [2.24, 2.45) is 5.73 Å². The molecule has 3 N–H and O–H groups in total. The molecule has 0 aliphatic carbocycles. The second-order valence-corrected chi connectivity index (χ2v) is 8.68. The molecule has 0 spiro atoms. The van der Waals surface area contributed by atoms with Crippen molar-refractivity contribution >= 4 is 28.4 Å². The first kappa shape index (κ1) is 22.8. The molecule has 0 atom stereocenters. The van der Waals surface area contributed by atoms with Gasteiger partial charge in [0.2, 0.25) is 5.95 Å². The summed E-state index contributed by atoms with van der Waals surface area (Å²) < 4.78 is 7.77. The molecule has 1 aliphatic rings. The molecular weight excluding hydrogens is 442 g/mol. The number of hydrogen-bond donors (Lipinski definition) is 2. The third-order valence-electron chi connectivity index (χ3n) is 6.25. The number of fused-ring (bicyclic) bond motifs is 1. The zero-order valence-electron chi connectivity index (χ0n) is 19.7. The van der Waals surface area contributed by atoms with Crippen molar-refractivity contribution in [2.75, 3.05) is 51.7 Å². The molecule has 180 valence electrons. The van der Waals surface area contributed by atoms with Crippen LogP contribution in [-0.4, -0.2) is 76.6 Å². The Kier molecular flexibility index (Phi) is 6.60. The largest absolute Gasteiger partial charge is 0.492 e. The summed E-state index contributed by atoms with van der Waals surface area (Å²) in [5, 5.41) is 4.02. The number of carbonyl (C=O) groups excluding carboxylic acids is 1. The molecule has 0 bridgehead atoms. The number of hydrogen-bond acceptors (Lipinski definition) is 7. The molecule has 5 rings (SSSR count). The summed E-state index contributed by atoms with van der Waals surface area (Å²) in [4.78, 5) is 25.7. The minimum atomic E-state index is -0.474. The normalized spacial score (nSPS) is 14.8. The van der Waals surface area contributed by atoms with Gasteiger partial charge in [-0.3, -0.25) is 9.69 Å². The van der Waals surface area contributed by atoms with E-state index in [1.165, 1.54) is 0 Å². The van der Waals surface area contributed by atoms with Gasteiger partial charge in [-0.25, -0.2) is 4.98 Å². The first-order valence-corrected chi connectivity index (χ1v) is 11.7. The van der Waals surface area contributed by atoms with Crippen LogP contribution in [0, 0.1) is 0 Å². The van der Waals surface area contributed by atoms with Crippen LogP contribution in [0.2, 0.25) is 0 Å². The van der Waals surface area contributed by atoms with Crippen LogP contribution >= 0.6 is 0 Å². The highest BCUT2D eigenvalue weighted by Crippen LogP contribution is 2.25. The Balaban J connectivity index is 1.24. The number of likely N-dealkylation sites (N-methyl/N-ethyl adjacent to an activating group) is 1. The van der Waals surface area contributed by atoms with Gasteiger partial charge in [0.1, 0.15) is 18.2 Å². The number of anilines is 2. The molecule has 3 heterocycles. The van der Waals surface area contributed by atoms with E-state index in [0.717, 1.165) is 55.1 Å². The number of nitrogens with one attached hydrogen (secondary N) is 1. The number of carbonyl (C=O) groups is 1. The van der Waals surface area contributed by atoms with Crippen LogP contribution in [0.4, 0.5) is 11.6 Å². The molecule has 9 nitrogen and oxygen atoms in total. The van der Waals surface area contributed by atoms with E-state index >= 15 is 0 Å². The average molecular weight is 472 g/mol. The van der Waals surface area contributed by atoms with Gasteiger partial charge in [0.25, 0.3) is 5.91 Å². The van der Waals surface area contributed by atoms with Gasteiger partial charge in [0.05, 0.1) is 11.1 Å². The van der Waals surface area contributed by atoms with Crippen LogP contribution in [0.15, 0.2) is 67.0 Å². The number of nitrogens with two attached hydrogens (primary N) is 1. The Labute approximate surface area is 204 Å². The number of benzene rings is 2. The van der Waals surface area contributed by atoms with Gasteiger partial charge in [0, 0.05) is 56.2 Å². The lowest BCUT2D eigenvalue weighted by Gasteiger charge is -2.32. The van der Waals surface area contributed by atoms with Gasteiger partial charge < -0.3 is 25.3 Å². The maximum absolute atomic E-state index is 11.9. The van der Waals surface area contributed by atoms with Gasteiger partial charge in [-0.2, -0.15) is 4.98 Å².